The lowest BCUT2D eigenvalue weighted by Crippen LogP contribution is -2.11. The van der Waals surface area contributed by atoms with Gasteiger partial charge in [0.05, 0.1) is 11.0 Å². The van der Waals surface area contributed by atoms with Crippen LogP contribution in [0, 0.1) is 6.92 Å². The van der Waals surface area contributed by atoms with Crippen molar-refractivity contribution in [2.45, 2.75) is 33.1 Å². The van der Waals surface area contributed by atoms with E-state index in [4.69, 9.17) is 5.73 Å². The van der Waals surface area contributed by atoms with Crippen molar-refractivity contribution in [1.82, 2.24) is 9.55 Å². The predicted molar refractivity (Wildman–Crippen MR) is 88.9 cm³/mol. The summed E-state index contributed by atoms with van der Waals surface area (Å²) in [5.74, 6) is 0.530. The molecule has 3 heteroatoms. The highest BCUT2D eigenvalue weighted by molar-refractivity contribution is 5.83. The molecule has 0 amide bonds. The van der Waals surface area contributed by atoms with E-state index >= 15 is 0 Å². The van der Waals surface area contributed by atoms with Gasteiger partial charge in [-0.3, -0.25) is 4.57 Å². The molecule has 0 unspecified atom stereocenters. The summed E-state index contributed by atoms with van der Waals surface area (Å²) in [6.07, 6.45) is 0. The minimum Gasteiger partial charge on any atom is -0.369 e. The molecular weight excluding hydrogens is 258 g/mol. The lowest BCUT2D eigenvalue weighted by molar-refractivity contribution is 0.590. The van der Waals surface area contributed by atoms with E-state index in [0.717, 1.165) is 22.3 Å². The normalized spacial score (nSPS) is 12.0. The van der Waals surface area contributed by atoms with E-state index in [0.29, 0.717) is 5.95 Å². The fourth-order valence-electron chi connectivity index (χ4n) is 2.64. The Kier molecular flexibility index (Phi) is 3.01. The highest BCUT2D eigenvalue weighted by atomic mass is 15.2. The average Bonchev–Trinajstić information content (AvgIpc) is 2.76. The summed E-state index contributed by atoms with van der Waals surface area (Å²) >= 11 is 0. The molecule has 0 radical (unpaired) electrons. The van der Waals surface area contributed by atoms with Crippen LogP contribution in [-0.4, -0.2) is 9.55 Å². The van der Waals surface area contributed by atoms with E-state index in [-0.39, 0.29) is 5.41 Å². The number of imidazole rings is 1. The van der Waals surface area contributed by atoms with E-state index in [2.05, 4.69) is 69.1 Å². The molecule has 0 aliphatic carbocycles. The Bertz CT molecular complexity index is 790. The molecule has 0 bridgehead atoms. The molecule has 21 heavy (non-hydrogen) atoms. The monoisotopic (exact) mass is 279 g/mol. The van der Waals surface area contributed by atoms with Crippen LogP contribution in [0.1, 0.15) is 31.9 Å². The Hall–Kier alpha value is -2.29. The fourth-order valence-corrected chi connectivity index (χ4v) is 2.64. The number of nitrogens with zero attached hydrogens (tertiary/aromatic N) is 2. The number of aromatic nitrogens is 2. The standard InChI is InChI=1S/C18H21N3/c1-12-6-5-7-15-16(12)20-17(19)21(15)14-10-8-13(9-11-14)18(2,3)4/h5-11H,1-4H3,(H2,19,20). The van der Waals surface area contributed by atoms with Gasteiger partial charge in [0.2, 0.25) is 5.95 Å². The molecule has 3 rings (SSSR count). The van der Waals surface area contributed by atoms with Gasteiger partial charge in [-0.05, 0) is 41.7 Å². The molecule has 0 atom stereocenters. The van der Waals surface area contributed by atoms with E-state index in [9.17, 15) is 0 Å². The molecule has 0 saturated heterocycles. The van der Waals surface area contributed by atoms with Crippen molar-refractivity contribution in [2.75, 3.05) is 5.73 Å². The molecule has 3 aromatic rings. The van der Waals surface area contributed by atoms with Gasteiger partial charge in [-0.1, -0.05) is 45.0 Å². The van der Waals surface area contributed by atoms with Crippen LogP contribution in [0.5, 0.6) is 0 Å². The summed E-state index contributed by atoms with van der Waals surface area (Å²) in [6, 6.07) is 14.7. The van der Waals surface area contributed by atoms with Crippen LogP contribution in [0.4, 0.5) is 5.95 Å². The van der Waals surface area contributed by atoms with Crippen molar-refractivity contribution < 1.29 is 0 Å². The Balaban J connectivity index is 2.17. The maximum Gasteiger partial charge on any atom is 0.205 e. The van der Waals surface area contributed by atoms with Gasteiger partial charge in [-0.25, -0.2) is 4.98 Å². The van der Waals surface area contributed by atoms with Crippen molar-refractivity contribution in [1.29, 1.82) is 0 Å². The van der Waals surface area contributed by atoms with Crippen LogP contribution in [0.15, 0.2) is 42.5 Å². The Morgan fingerprint density at radius 1 is 1.00 bits per heavy atom. The molecule has 0 aliphatic heterocycles. The fraction of sp³-hybridized carbons (Fsp3) is 0.278. The van der Waals surface area contributed by atoms with Gasteiger partial charge in [0.1, 0.15) is 0 Å². The van der Waals surface area contributed by atoms with Crippen LogP contribution in [-0.2, 0) is 5.41 Å². The second-order valence-electron chi connectivity index (χ2n) is 6.54. The predicted octanol–water partition coefficient (Wildman–Crippen LogP) is 4.21. The lowest BCUT2D eigenvalue weighted by atomic mass is 9.87. The highest BCUT2D eigenvalue weighted by Gasteiger charge is 2.15. The molecule has 0 saturated carbocycles. The van der Waals surface area contributed by atoms with E-state index in [1.807, 2.05) is 10.6 Å². The Morgan fingerprint density at radius 3 is 2.29 bits per heavy atom. The topological polar surface area (TPSA) is 43.8 Å². The van der Waals surface area contributed by atoms with Gasteiger partial charge < -0.3 is 5.73 Å². The van der Waals surface area contributed by atoms with Gasteiger partial charge in [0.25, 0.3) is 0 Å². The zero-order valence-electron chi connectivity index (χ0n) is 13.0. The van der Waals surface area contributed by atoms with Crippen molar-refractivity contribution >= 4 is 17.0 Å². The van der Waals surface area contributed by atoms with Crippen molar-refractivity contribution in [3.05, 3.63) is 53.6 Å². The summed E-state index contributed by atoms with van der Waals surface area (Å²) in [5.41, 5.74) is 11.8. The Labute approximate surface area is 125 Å². The van der Waals surface area contributed by atoms with Crippen LogP contribution in [0.25, 0.3) is 16.7 Å². The average molecular weight is 279 g/mol. The molecule has 2 N–H and O–H groups in total. The highest BCUT2D eigenvalue weighted by Crippen LogP contribution is 2.27. The molecular formula is C18H21N3. The number of hydrogen-bond donors (Lipinski definition) is 1. The summed E-state index contributed by atoms with van der Waals surface area (Å²) < 4.78 is 2.01. The van der Waals surface area contributed by atoms with Gasteiger partial charge in [-0.2, -0.15) is 0 Å². The van der Waals surface area contributed by atoms with Crippen LogP contribution in [0.3, 0.4) is 0 Å². The third-order valence-electron chi connectivity index (χ3n) is 3.90. The molecule has 0 fully saturated rings. The zero-order chi connectivity index (χ0) is 15.2. The third kappa shape index (κ3) is 2.29. The number of rotatable bonds is 1. The molecule has 1 aromatic heterocycles. The van der Waals surface area contributed by atoms with Crippen LogP contribution < -0.4 is 5.73 Å². The lowest BCUT2D eigenvalue weighted by Gasteiger charge is -2.19. The molecule has 3 nitrogen and oxygen atoms in total. The molecule has 1 heterocycles. The first kappa shape index (κ1) is 13.7. The van der Waals surface area contributed by atoms with E-state index in [1.54, 1.807) is 0 Å². The van der Waals surface area contributed by atoms with E-state index in [1.165, 1.54) is 5.56 Å². The first-order valence-electron chi connectivity index (χ1n) is 7.22. The number of aryl methyl sites for hydroxylation is 1. The van der Waals surface area contributed by atoms with Crippen LogP contribution >= 0.6 is 0 Å². The van der Waals surface area contributed by atoms with Crippen molar-refractivity contribution in [3.63, 3.8) is 0 Å². The van der Waals surface area contributed by atoms with Crippen LogP contribution in [0.2, 0.25) is 0 Å². The summed E-state index contributed by atoms with van der Waals surface area (Å²) in [4.78, 5) is 4.50. The van der Waals surface area contributed by atoms with Gasteiger partial charge in [0, 0.05) is 5.69 Å². The van der Waals surface area contributed by atoms with Gasteiger partial charge >= 0.3 is 0 Å². The number of para-hydroxylation sites is 1. The molecule has 0 spiro atoms. The van der Waals surface area contributed by atoms with E-state index < -0.39 is 0 Å². The SMILES string of the molecule is Cc1cccc2c1nc(N)n2-c1ccc(C(C)(C)C)cc1. The summed E-state index contributed by atoms with van der Waals surface area (Å²) in [6.45, 7) is 8.70. The van der Waals surface area contributed by atoms with Gasteiger partial charge in [0.15, 0.2) is 0 Å². The number of benzene rings is 2. The minimum atomic E-state index is 0.150. The molecule has 108 valence electrons. The first-order chi connectivity index (χ1) is 9.88. The van der Waals surface area contributed by atoms with Crippen molar-refractivity contribution in [3.8, 4) is 5.69 Å². The molecule has 0 aliphatic rings. The quantitative estimate of drug-likeness (QED) is 0.725. The number of hydrogen-bond acceptors (Lipinski definition) is 2. The first-order valence-corrected chi connectivity index (χ1v) is 7.22. The maximum absolute atomic E-state index is 6.13. The minimum absolute atomic E-state index is 0.150. The maximum atomic E-state index is 6.13. The number of anilines is 1. The summed E-state index contributed by atoms with van der Waals surface area (Å²) in [5, 5.41) is 0. The number of nitrogens with two attached hydrogens (primary N) is 1. The van der Waals surface area contributed by atoms with Gasteiger partial charge in [-0.15, -0.1) is 0 Å². The number of fused-ring (bicyclic) bond motifs is 1. The molecule has 2 aromatic carbocycles. The third-order valence-corrected chi connectivity index (χ3v) is 3.90. The summed E-state index contributed by atoms with van der Waals surface area (Å²) in [7, 11) is 0. The number of nitrogen functional groups attached to an aromatic ring is 1. The smallest absolute Gasteiger partial charge is 0.205 e. The zero-order valence-corrected chi connectivity index (χ0v) is 13.0. The Morgan fingerprint density at radius 2 is 1.67 bits per heavy atom. The second-order valence-corrected chi connectivity index (χ2v) is 6.54. The second kappa shape index (κ2) is 4.62. The van der Waals surface area contributed by atoms with Crippen molar-refractivity contribution in [2.24, 2.45) is 0 Å². The largest absolute Gasteiger partial charge is 0.369 e.